The second-order valence-electron chi connectivity index (χ2n) is 8.07. The Bertz CT molecular complexity index is 1410. The molecule has 0 spiro atoms. The van der Waals surface area contributed by atoms with E-state index in [0.29, 0.717) is 16.3 Å². The smallest absolute Gasteiger partial charge is 0.264 e. The first-order valence-corrected chi connectivity index (χ1v) is 12.0. The quantitative estimate of drug-likeness (QED) is 0.145. The Balaban J connectivity index is 1.65. The van der Waals surface area contributed by atoms with Gasteiger partial charge in [0.25, 0.3) is 17.7 Å². The van der Waals surface area contributed by atoms with Crippen LogP contribution in [0.2, 0.25) is 25.1 Å². The van der Waals surface area contributed by atoms with Gasteiger partial charge in [0.2, 0.25) is 0 Å². The maximum atomic E-state index is 13.7. The van der Waals surface area contributed by atoms with Crippen LogP contribution in [0.4, 0.5) is 10.1 Å². The molecule has 5 rings (SSSR count). The van der Waals surface area contributed by atoms with Gasteiger partial charge in [-0.25, -0.2) is 4.39 Å². The summed E-state index contributed by atoms with van der Waals surface area (Å²) in [5.41, 5.74) is 1.28. The lowest BCUT2D eigenvalue weighted by Crippen LogP contribution is -2.67. The minimum atomic E-state index is -1.25. The van der Waals surface area contributed by atoms with Gasteiger partial charge in [-0.3, -0.25) is 19.3 Å². The molecule has 0 N–H and O–H groups in total. The zero-order valence-electron chi connectivity index (χ0n) is 17.6. The first-order chi connectivity index (χ1) is 16.5. The molecule has 2 aliphatic rings. The second-order valence-corrected chi connectivity index (χ2v) is 10.0. The van der Waals surface area contributed by atoms with Crippen LogP contribution in [0.25, 0.3) is 0 Å². The number of rotatable bonds is 3. The molecule has 3 amide bonds. The molecule has 1 fully saturated rings. The minimum absolute atomic E-state index is 0.175. The van der Waals surface area contributed by atoms with Gasteiger partial charge in [0, 0.05) is 10.7 Å². The minimum Gasteiger partial charge on any atom is -0.300 e. The van der Waals surface area contributed by atoms with Crippen LogP contribution in [0, 0.1) is 12.7 Å². The Morgan fingerprint density at radius 1 is 0.714 bits per heavy atom. The number of amides is 3. The van der Waals surface area contributed by atoms with Crippen LogP contribution in [0.5, 0.6) is 0 Å². The number of β-lactam (4-membered cyclic amide) rings is 1. The largest absolute Gasteiger partial charge is 0.300 e. The Morgan fingerprint density at radius 2 is 1.26 bits per heavy atom. The third kappa shape index (κ3) is 3.54. The van der Waals surface area contributed by atoms with Gasteiger partial charge >= 0.3 is 0 Å². The molecule has 0 aliphatic carbocycles. The topological polar surface area (TPSA) is 57.7 Å². The highest BCUT2D eigenvalue weighted by Crippen LogP contribution is 2.49. The van der Waals surface area contributed by atoms with Gasteiger partial charge in [0.05, 0.1) is 37.3 Å². The summed E-state index contributed by atoms with van der Waals surface area (Å²) in [5.74, 6) is -2.68. The van der Waals surface area contributed by atoms with E-state index in [1.165, 1.54) is 29.2 Å². The van der Waals surface area contributed by atoms with Crippen LogP contribution >= 0.6 is 58.0 Å². The van der Waals surface area contributed by atoms with Gasteiger partial charge in [-0.15, -0.1) is 0 Å². The average molecular weight is 573 g/mol. The lowest BCUT2D eigenvalue weighted by Gasteiger charge is -2.50. The van der Waals surface area contributed by atoms with Crippen molar-refractivity contribution in [3.05, 3.63) is 95.6 Å². The molecule has 11 heteroatoms. The molecule has 0 radical (unpaired) electrons. The van der Waals surface area contributed by atoms with Crippen molar-refractivity contribution in [1.29, 1.82) is 0 Å². The van der Waals surface area contributed by atoms with Crippen molar-refractivity contribution in [2.75, 3.05) is 4.90 Å². The highest BCUT2D eigenvalue weighted by molar-refractivity contribution is 6.55. The number of carbonyl (C=O) groups is 3. The average Bonchev–Trinajstić information content (AvgIpc) is 3.08. The van der Waals surface area contributed by atoms with Gasteiger partial charge in [0.1, 0.15) is 11.9 Å². The summed E-state index contributed by atoms with van der Waals surface area (Å²) >= 11 is 30.9. The number of carbonyl (C=O) groups excluding carboxylic acids is 3. The molecule has 2 aliphatic heterocycles. The number of hydrogen-bond donors (Lipinski definition) is 0. The van der Waals surface area contributed by atoms with E-state index in [1.807, 2.05) is 0 Å². The lowest BCUT2D eigenvalue weighted by molar-refractivity contribution is -0.130. The molecule has 5 nitrogen and oxygen atoms in total. The molecular weight excluding hydrogens is 561 g/mol. The Hall–Kier alpha value is -2.35. The molecule has 3 aromatic rings. The molecule has 0 unspecified atom stereocenters. The summed E-state index contributed by atoms with van der Waals surface area (Å²) in [6.07, 6.45) is 0. The van der Waals surface area contributed by atoms with Crippen LogP contribution < -0.4 is 4.90 Å². The fraction of sp³-hybridized carbons (Fsp3) is 0.125. The summed E-state index contributed by atoms with van der Waals surface area (Å²) in [6, 6.07) is 8.37. The molecule has 0 aromatic heterocycles. The zero-order valence-corrected chi connectivity index (χ0v) is 21.4. The summed E-state index contributed by atoms with van der Waals surface area (Å²) < 4.78 is 13.7. The maximum absolute atomic E-state index is 13.7. The maximum Gasteiger partial charge on any atom is 0.264 e. The zero-order chi connectivity index (χ0) is 25.3. The van der Waals surface area contributed by atoms with Crippen LogP contribution in [-0.4, -0.2) is 28.7 Å². The highest BCUT2D eigenvalue weighted by Gasteiger charge is 2.58. The number of hydrogen-bond acceptors (Lipinski definition) is 3. The van der Waals surface area contributed by atoms with Gasteiger partial charge in [0.15, 0.2) is 0 Å². The van der Waals surface area contributed by atoms with E-state index in [4.69, 9.17) is 58.0 Å². The highest BCUT2D eigenvalue weighted by atomic mass is 35.5. The Morgan fingerprint density at radius 3 is 1.80 bits per heavy atom. The van der Waals surface area contributed by atoms with E-state index in [1.54, 1.807) is 25.1 Å². The van der Waals surface area contributed by atoms with E-state index in [-0.39, 0.29) is 31.2 Å². The fourth-order valence-corrected chi connectivity index (χ4v) is 5.63. The van der Waals surface area contributed by atoms with Crippen molar-refractivity contribution in [3.8, 4) is 0 Å². The third-order valence-electron chi connectivity index (χ3n) is 6.12. The first-order valence-electron chi connectivity index (χ1n) is 10.1. The lowest BCUT2D eigenvalue weighted by atomic mass is 9.85. The van der Waals surface area contributed by atoms with Gasteiger partial charge < -0.3 is 4.90 Å². The van der Waals surface area contributed by atoms with Crippen LogP contribution in [0.1, 0.15) is 37.9 Å². The Labute approximate surface area is 223 Å². The fourth-order valence-electron chi connectivity index (χ4n) is 4.45. The predicted octanol–water partition coefficient (Wildman–Crippen LogP) is 7.15. The molecular formula is C24H12Cl5FN2O3. The molecule has 178 valence electrons. The Kier molecular flexibility index (Phi) is 6.01. The number of nitrogens with zero attached hydrogens (tertiary/aromatic N) is 2. The molecule has 3 aromatic carbocycles. The van der Waals surface area contributed by atoms with E-state index in [0.717, 1.165) is 10.5 Å². The van der Waals surface area contributed by atoms with Gasteiger partial charge in [-0.2, -0.15) is 0 Å². The van der Waals surface area contributed by atoms with Crippen LogP contribution in [0.15, 0.2) is 42.5 Å². The number of benzene rings is 3. The van der Waals surface area contributed by atoms with Crippen LogP contribution in [-0.2, 0) is 4.79 Å². The molecule has 2 heterocycles. The van der Waals surface area contributed by atoms with Crippen molar-refractivity contribution in [3.63, 3.8) is 0 Å². The number of imide groups is 1. The summed E-state index contributed by atoms with van der Waals surface area (Å²) in [7, 11) is 0. The summed E-state index contributed by atoms with van der Waals surface area (Å²) in [5, 5.41) is -0.421. The van der Waals surface area contributed by atoms with E-state index >= 15 is 0 Å². The number of fused-ring (bicyclic) bond motifs is 1. The molecule has 0 bridgehead atoms. The number of anilines is 1. The molecule has 35 heavy (non-hydrogen) atoms. The first kappa shape index (κ1) is 24.3. The normalized spacial score (nSPS) is 19.3. The third-order valence-corrected chi connectivity index (χ3v) is 8.16. The van der Waals surface area contributed by atoms with E-state index < -0.39 is 35.6 Å². The van der Waals surface area contributed by atoms with Crippen molar-refractivity contribution < 1.29 is 18.8 Å². The number of aryl methyl sites for hydroxylation is 1. The van der Waals surface area contributed by atoms with Crippen molar-refractivity contribution >= 4 is 81.4 Å². The molecule has 2 atom stereocenters. The van der Waals surface area contributed by atoms with Gasteiger partial charge in [-0.1, -0.05) is 76.2 Å². The second kappa shape index (κ2) is 8.64. The summed E-state index contributed by atoms with van der Waals surface area (Å²) in [6.45, 7) is 1.79. The SMILES string of the molecule is Cc1ccc(Cl)cc1N1C(=O)[C@H](N2C(=O)c3c(Cl)c(Cl)c(Cl)c(Cl)c3C2=O)[C@H]1c1ccc(F)cc1. The van der Waals surface area contributed by atoms with Crippen LogP contribution in [0.3, 0.4) is 0 Å². The van der Waals surface area contributed by atoms with Crippen molar-refractivity contribution in [2.45, 2.75) is 19.0 Å². The predicted molar refractivity (Wildman–Crippen MR) is 134 cm³/mol. The molecule has 1 saturated heterocycles. The summed E-state index contributed by atoms with van der Waals surface area (Å²) in [4.78, 5) is 42.6. The van der Waals surface area contributed by atoms with E-state index in [9.17, 15) is 18.8 Å². The van der Waals surface area contributed by atoms with Crippen molar-refractivity contribution in [2.24, 2.45) is 0 Å². The van der Waals surface area contributed by atoms with E-state index in [2.05, 4.69) is 0 Å². The van der Waals surface area contributed by atoms with Crippen molar-refractivity contribution in [1.82, 2.24) is 4.90 Å². The standard InChI is InChI=1S/C24H12Cl5FN2O3/c1-9-2-5-11(25)8-13(9)31-20(10-3-6-12(30)7-4-10)21(24(31)35)32-22(33)14-15(23(32)34)17(27)19(29)18(28)16(14)26/h2-8,20-21H,1H3/t20-,21-/m1/s1. The van der Waals surface area contributed by atoms with Gasteiger partial charge in [-0.05, 0) is 42.3 Å². The monoisotopic (exact) mass is 570 g/mol. The number of halogens is 6. The molecule has 0 saturated carbocycles.